The zero-order chi connectivity index (χ0) is 16.5. The van der Waals surface area contributed by atoms with E-state index in [1.807, 2.05) is 0 Å². The molecule has 0 fully saturated rings. The van der Waals surface area contributed by atoms with Crippen LogP contribution in [0.25, 0.3) is 11.0 Å². The van der Waals surface area contributed by atoms with Crippen LogP contribution in [0.4, 0.5) is 4.79 Å². The summed E-state index contributed by atoms with van der Waals surface area (Å²) in [5.74, 6) is -1.07. The second-order valence-electron chi connectivity index (χ2n) is 6.07. The van der Waals surface area contributed by atoms with Crippen LogP contribution in [0.5, 0.6) is 0 Å². The van der Waals surface area contributed by atoms with Gasteiger partial charge < -0.3 is 15.6 Å². The summed E-state index contributed by atoms with van der Waals surface area (Å²) in [6.45, 7) is 5.34. The third-order valence-electron chi connectivity index (χ3n) is 2.97. The summed E-state index contributed by atoms with van der Waals surface area (Å²) in [7, 11) is 0. The molecule has 1 aromatic heterocycles. The molecule has 0 saturated carbocycles. The number of carboxylic acid groups (broad SMARTS) is 1. The summed E-state index contributed by atoms with van der Waals surface area (Å²) in [6.07, 6.45) is 1.03. The maximum Gasteiger partial charge on any atom is 0.420 e. The largest absolute Gasteiger partial charge is 0.480 e. The van der Waals surface area contributed by atoms with Gasteiger partial charge in [0.25, 0.3) is 0 Å². The van der Waals surface area contributed by atoms with Crippen molar-refractivity contribution in [2.24, 2.45) is 5.73 Å². The van der Waals surface area contributed by atoms with E-state index in [4.69, 9.17) is 15.6 Å². The fraction of sp³-hybridized carbons (Fsp3) is 0.400. The number of rotatable bonds is 3. The number of aliphatic carboxylic acids is 1. The number of carbonyl (C=O) groups excluding carboxylic acids is 1. The third-order valence-corrected chi connectivity index (χ3v) is 2.97. The molecule has 22 heavy (non-hydrogen) atoms. The molecule has 0 bridgehead atoms. The second-order valence-corrected chi connectivity index (χ2v) is 6.07. The molecule has 7 heteroatoms. The normalized spacial score (nSPS) is 13.1. The molecular formula is C15H19N3O4. The molecular weight excluding hydrogens is 286 g/mol. The highest BCUT2D eigenvalue weighted by Gasteiger charge is 2.20. The number of imidazole rings is 1. The molecule has 0 spiro atoms. The monoisotopic (exact) mass is 305 g/mol. The van der Waals surface area contributed by atoms with Gasteiger partial charge in [0, 0.05) is 0 Å². The van der Waals surface area contributed by atoms with Crippen LogP contribution in [0, 0.1) is 0 Å². The second kappa shape index (κ2) is 5.76. The molecule has 0 aliphatic rings. The zero-order valence-corrected chi connectivity index (χ0v) is 12.7. The van der Waals surface area contributed by atoms with Gasteiger partial charge in [0.15, 0.2) is 0 Å². The summed E-state index contributed by atoms with van der Waals surface area (Å²) < 4.78 is 6.62. The molecule has 1 heterocycles. The van der Waals surface area contributed by atoms with Gasteiger partial charge in [0.2, 0.25) is 0 Å². The fourth-order valence-electron chi connectivity index (χ4n) is 1.98. The van der Waals surface area contributed by atoms with Crippen LogP contribution < -0.4 is 5.73 Å². The van der Waals surface area contributed by atoms with Gasteiger partial charge in [-0.15, -0.1) is 0 Å². The standard InChI is InChI=1S/C15H19N3O4/c1-15(2,3)22-14(21)18-8-17-11-5-4-9(7-12(11)18)6-10(16)13(19)20/h4-5,7-8,10H,6,16H2,1-3H3,(H,19,20). The lowest BCUT2D eigenvalue weighted by Gasteiger charge is -2.19. The molecule has 0 aliphatic carbocycles. The number of nitrogens with zero attached hydrogens (tertiary/aromatic N) is 2. The van der Waals surface area contributed by atoms with Gasteiger partial charge in [-0.1, -0.05) is 6.07 Å². The molecule has 2 aromatic rings. The van der Waals surface area contributed by atoms with Crippen LogP contribution in [0.2, 0.25) is 0 Å². The first-order valence-corrected chi connectivity index (χ1v) is 6.85. The van der Waals surface area contributed by atoms with Gasteiger partial charge >= 0.3 is 12.1 Å². The number of hydrogen-bond acceptors (Lipinski definition) is 5. The predicted molar refractivity (Wildman–Crippen MR) is 80.7 cm³/mol. The highest BCUT2D eigenvalue weighted by Crippen LogP contribution is 2.18. The van der Waals surface area contributed by atoms with Gasteiger partial charge in [0.1, 0.15) is 18.0 Å². The number of hydrogen-bond donors (Lipinski definition) is 2. The first-order valence-electron chi connectivity index (χ1n) is 6.85. The minimum absolute atomic E-state index is 0.171. The molecule has 1 atom stereocenters. The minimum Gasteiger partial charge on any atom is -0.480 e. The van der Waals surface area contributed by atoms with Crippen molar-refractivity contribution in [3.63, 3.8) is 0 Å². The van der Waals surface area contributed by atoms with Crippen molar-refractivity contribution < 1.29 is 19.4 Å². The maximum absolute atomic E-state index is 12.2. The van der Waals surface area contributed by atoms with Crippen LogP contribution >= 0.6 is 0 Å². The number of carbonyl (C=O) groups is 2. The van der Waals surface area contributed by atoms with Gasteiger partial charge in [-0.3, -0.25) is 4.79 Å². The minimum atomic E-state index is -1.07. The van der Waals surface area contributed by atoms with E-state index in [1.54, 1.807) is 39.0 Å². The van der Waals surface area contributed by atoms with Crippen LogP contribution in [-0.2, 0) is 16.0 Å². The van der Waals surface area contributed by atoms with E-state index >= 15 is 0 Å². The van der Waals surface area contributed by atoms with Crippen LogP contribution in [0.15, 0.2) is 24.5 Å². The maximum atomic E-state index is 12.2. The van der Waals surface area contributed by atoms with Crippen molar-refractivity contribution in [1.29, 1.82) is 0 Å². The number of ether oxygens (including phenoxy) is 1. The molecule has 7 nitrogen and oxygen atoms in total. The van der Waals surface area contributed by atoms with Gasteiger partial charge in [-0.25, -0.2) is 14.3 Å². The third kappa shape index (κ3) is 3.62. The molecule has 118 valence electrons. The molecule has 0 saturated heterocycles. The van der Waals surface area contributed by atoms with Crippen molar-refractivity contribution in [2.75, 3.05) is 0 Å². The van der Waals surface area contributed by atoms with E-state index in [0.717, 1.165) is 0 Å². The van der Waals surface area contributed by atoms with E-state index in [1.165, 1.54) is 10.9 Å². The molecule has 1 aromatic carbocycles. The van der Waals surface area contributed by atoms with E-state index in [0.29, 0.717) is 16.6 Å². The first-order chi connectivity index (χ1) is 10.2. The van der Waals surface area contributed by atoms with E-state index in [9.17, 15) is 9.59 Å². The van der Waals surface area contributed by atoms with Crippen LogP contribution in [0.3, 0.4) is 0 Å². The number of aromatic nitrogens is 2. The SMILES string of the molecule is CC(C)(C)OC(=O)n1cnc2ccc(CC(N)C(=O)O)cc21. The van der Waals surface area contributed by atoms with Crippen molar-refractivity contribution in [3.05, 3.63) is 30.1 Å². The average molecular weight is 305 g/mol. The molecule has 0 aliphatic heterocycles. The molecule has 3 N–H and O–H groups in total. The first kappa shape index (κ1) is 16.0. The topological polar surface area (TPSA) is 107 Å². The van der Waals surface area contributed by atoms with Gasteiger partial charge in [-0.2, -0.15) is 0 Å². The van der Waals surface area contributed by atoms with Gasteiger partial charge in [0.05, 0.1) is 11.0 Å². The van der Waals surface area contributed by atoms with E-state index in [-0.39, 0.29) is 6.42 Å². The number of nitrogens with two attached hydrogens (primary N) is 1. The summed E-state index contributed by atoms with van der Waals surface area (Å²) in [6, 6.07) is 4.18. The Hall–Kier alpha value is -2.41. The van der Waals surface area contributed by atoms with Crippen molar-refractivity contribution in [2.45, 2.75) is 38.8 Å². The lowest BCUT2D eigenvalue weighted by molar-refractivity contribution is -0.138. The molecule has 0 radical (unpaired) electrons. The smallest absolute Gasteiger partial charge is 0.420 e. The van der Waals surface area contributed by atoms with E-state index in [2.05, 4.69) is 4.98 Å². The highest BCUT2D eigenvalue weighted by molar-refractivity contribution is 5.87. The average Bonchev–Trinajstić information content (AvgIpc) is 2.79. The van der Waals surface area contributed by atoms with E-state index < -0.39 is 23.7 Å². The molecule has 0 amide bonds. The van der Waals surface area contributed by atoms with Crippen molar-refractivity contribution in [1.82, 2.24) is 9.55 Å². The van der Waals surface area contributed by atoms with Crippen molar-refractivity contribution in [3.8, 4) is 0 Å². The fourth-order valence-corrected chi connectivity index (χ4v) is 1.98. The summed E-state index contributed by atoms with van der Waals surface area (Å²) in [5, 5.41) is 8.87. The van der Waals surface area contributed by atoms with Crippen LogP contribution in [-0.4, -0.2) is 38.4 Å². The quantitative estimate of drug-likeness (QED) is 0.895. The number of fused-ring (bicyclic) bond motifs is 1. The zero-order valence-electron chi connectivity index (χ0n) is 12.7. The summed E-state index contributed by atoms with van der Waals surface area (Å²) in [4.78, 5) is 27.1. The Balaban J connectivity index is 2.33. The predicted octanol–water partition coefficient (Wildman–Crippen LogP) is 1.77. The number of carboxylic acids is 1. The lowest BCUT2D eigenvalue weighted by atomic mass is 10.1. The molecule has 1 unspecified atom stereocenters. The Morgan fingerprint density at radius 2 is 2.09 bits per heavy atom. The Morgan fingerprint density at radius 3 is 2.68 bits per heavy atom. The Labute approximate surface area is 127 Å². The highest BCUT2D eigenvalue weighted by atomic mass is 16.6. The Bertz CT molecular complexity index is 715. The lowest BCUT2D eigenvalue weighted by Crippen LogP contribution is -2.32. The van der Waals surface area contributed by atoms with Crippen LogP contribution in [0.1, 0.15) is 26.3 Å². The summed E-state index contributed by atoms with van der Waals surface area (Å²) in [5.41, 5.74) is 6.82. The Kier molecular flexibility index (Phi) is 4.18. The molecule has 2 rings (SSSR count). The van der Waals surface area contributed by atoms with Crippen molar-refractivity contribution >= 4 is 23.1 Å². The summed E-state index contributed by atoms with van der Waals surface area (Å²) >= 11 is 0. The number of benzene rings is 1. The van der Waals surface area contributed by atoms with Gasteiger partial charge in [-0.05, 0) is 44.9 Å². The Morgan fingerprint density at radius 1 is 1.41 bits per heavy atom.